The third-order valence-corrected chi connectivity index (χ3v) is 2.88. The molecule has 1 N–H and O–H groups in total. The second kappa shape index (κ2) is 7.41. The zero-order valence-corrected chi connectivity index (χ0v) is 9.73. The number of nitrogens with zero attached hydrogens (tertiary/aromatic N) is 1. The molecule has 1 fully saturated rings. The Bertz CT molecular complexity index is 230. The van der Waals surface area contributed by atoms with Crippen molar-refractivity contribution in [3.8, 4) is 0 Å². The van der Waals surface area contributed by atoms with Crippen LogP contribution in [0.15, 0.2) is 12.7 Å². The van der Waals surface area contributed by atoms with E-state index in [9.17, 15) is 4.79 Å². The number of aliphatic carboxylic acids is 1. The normalized spacial score (nSPS) is 21.9. The Morgan fingerprint density at radius 1 is 1.50 bits per heavy atom. The number of carboxylic acids is 1. The molecule has 0 aliphatic carbocycles. The van der Waals surface area contributed by atoms with Gasteiger partial charge in [0.25, 0.3) is 0 Å². The number of morpholine rings is 1. The molecule has 1 rings (SSSR count). The first kappa shape index (κ1) is 13.2. The van der Waals surface area contributed by atoms with Gasteiger partial charge in [-0.15, -0.1) is 6.58 Å². The van der Waals surface area contributed by atoms with Gasteiger partial charge in [-0.05, 0) is 25.8 Å². The first-order valence-corrected chi connectivity index (χ1v) is 5.91. The van der Waals surface area contributed by atoms with Crippen molar-refractivity contribution in [3.05, 3.63) is 12.7 Å². The molecule has 0 aromatic rings. The van der Waals surface area contributed by atoms with E-state index in [0.29, 0.717) is 13.2 Å². The van der Waals surface area contributed by atoms with Gasteiger partial charge in [0.15, 0.2) is 0 Å². The summed E-state index contributed by atoms with van der Waals surface area (Å²) >= 11 is 0. The monoisotopic (exact) mass is 227 g/mol. The van der Waals surface area contributed by atoms with E-state index >= 15 is 0 Å². The first-order chi connectivity index (χ1) is 7.75. The molecule has 1 saturated heterocycles. The molecule has 4 heteroatoms. The fourth-order valence-corrected chi connectivity index (χ4v) is 1.91. The van der Waals surface area contributed by atoms with Gasteiger partial charge in [0.05, 0.1) is 13.2 Å². The van der Waals surface area contributed by atoms with Crippen molar-refractivity contribution in [2.24, 2.45) is 0 Å². The molecule has 0 aromatic heterocycles. The highest BCUT2D eigenvalue weighted by atomic mass is 16.5. The van der Waals surface area contributed by atoms with Crippen LogP contribution in [-0.4, -0.2) is 48.3 Å². The van der Waals surface area contributed by atoms with Crippen LogP contribution >= 0.6 is 0 Å². The molecular weight excluding hydrogens is 206 g/mol. The number of rotatable bonds is 7. The lowest BCUT2D eigenvalue weighted by molar-refractivity contribution is -0.149. The highest BCUT2D eigenvalue weighted by Gasteiger charge is 2.28. The van der Waals surface area contributed by atoms with Gasteiger partial charge in [-0.25, -0.2) is 0 Å². The summed E-state index contributed by atoms with van der Waals surface area (Å²) in [6, 6.07) is -0.451. The zero-order chi connectivity index (χ0) is 11.8. The van der Waals surface area contributed by atoms with Crippen LogP contribution in [0, 0.1) is 0 Å². The van der Waals surface area contributed by atoms with Gasteiger partial charge in [0, 0.05) is 6.54 Å². The van der Waals surface area contributed by atoms with Gasteiger partial charge >= 0.3 is 5.97 Å². The van der Waals surface area contributed by atoms with Crippen LogP contribution in [0.4, 0.5) is 0 Å². The molecule has 1 heterocycles. The number of unbranched alkanes of at least 4 members (excludes halogenated alkanes) is 3. The Hall–Kier alpha value is -0.870. The fraction of sp³-hybridized carbons (Fsp3) is 0.750. The number of ether oxygens (including phenoxy) is 1. The number of hydrogen-bond donors (Lipinski definition) is 1. The van der Waals surface area contributed by atoms with E-state index in [1.54, 1.807) is 0 Å². The van der Waals surface area contributed by atoms with Gasteiger partial charge in [0.2, 0.25) is 0 Å². The van der Waals surface area contributed by atoms with E-state index in [4.69, 9.17) is 9.84 Å². The maximum Gasteiger partial charge on any atom is 0.323 e. The molecule has 1 aliphatic rings. The van der Waals surface area contributed by atoms with Crippen molar-refractivity contribution in [1.82, 2.24) is 4.90 Å². The molecule has 0 bridgehead atoms. The highest BCUT2D eigenvalue weighted by Crippen LogP contribution is 2.10. The summed E-state index contributed by atoms with van der Waals surface area (Å²) in [4.78, 5) is 13.0. The van der Waals surface area contributed by atoms with E-state index in [0.717, 1.165) is 38.8 Å². The molecule has 4 nitrogen and oxygen atoms in total. The lowest BCUT2D eigenvalue weighted by Crippen LogP contribution is -2.50. The largest absolute Gasteiger partial charge is 0.480 e. The van der Waals surface area contributed by atoms with Crippen molar-refractivity contribution >= 4 is 5.97 Å². The van der Waals surface area contributed by atoms with Gasteiger partial charge in [-0.2, -0.15) is 0 Å². The van der Waals surface area contributed by atoms with E-state index in [2.05, 4.69) is 6.58 Å². The predicted molar refractivity (Wildman–Crippen MR) is 62.5 cm³/mol. The average Bonchev–Trinajstić information content (AvgIpc) is 2.29. The topological polar surface area (TPSA) is 49.8 Å². The van der Waals surface area contributed by atoms with Gasteiger partial charge in [-0.1, -0.05) is 12.5 Å². The highest BCUT2D eigenvalue weighted by molar-refractivity contribution is 5.73. The quantitative estimate of drug-likeness (QED) is 0.529. The lowest BCUT2D eigenvalue weighted by atomic mass is 10.1. The van der Waals surface area contributed by atoms with Crippen molar-refractivity contribution in [1.29, 1.82) is 0 Å². The summed E-state index contributed by atoms with van der Waals surface area (Å²) in [6.07, 6.45) is 6.30. The molecule has 92 valence electrons. The van der Waals surface area contributed by atoms with Gasteiger partial charge < -0.3 is 9.84 Å². The Morgan fingerprint density at radius 2 is 2.31 bits per heavy atom. The van der Waals surface area contributed by atoms with E-state index in [-0.39, 0.29) is 0 Å². The molecule has 0 radical (unpaired) electrons. The van der Waals surface area contributed by atoms with Crippen LogP contribution in [0.2, 0.25) is 0 Å². The van der Waals surface area contributed by atoms with Crippen LogP contribution in [-0.2, 0) is 9.53 Å². The number of carbonyl (C=O) groups is 1. The number of allylic oxidation sites excluding steroid dienone is 1. The van der Waals surface area contributed by atoms with E-state index in [1.807, 2.05) is 11.0 Å². The summed E-state index contributed by atoms with van der Waals surface area (Å²) in [7, 11) is 0. The molecule has 0 amide bonds. The smallest absolute Gasteiger partial charge is 0.323 e. The summed E-state index contributed by atoms with van der Waals surface area (Å²) < 4.78 is 5.18. The second-order valence-corrected chi connectivity index (χ2v) is 4.10. The Morgan fingerprint density at radius 3 is 3.00 bits per heavy atom. The molecule has 1 unspecified atom stereocenters. The van der Waals surface area contributed by atoms with Crippen molar-refractivity contribution in [2.75, 3.05) is 26.3 Å². The Kier molecular flexibility index (Phi) is 6.11. The minimum atomic E-state index is -0.772. The lowest BCUT2D eigenvalue weighted by Gasteiger charge is -2.32. The molecule has 0 spiro atoms. The van der Waals surface area contributed by atoms with Crippen LogP contribution in [0.3, 0.4) is 0 Å². The SMILES string of the molecule is C=CCCCCCN1CCOCC1C(=O)O. The van der Waals surface area contributed by atoms with Crippen LogP contribution in [0.5, 0.6) is 0 Å². The first-order valence-electron chi connectivity index (χ1n) is 5.91. The van der Waals surface area contributed by atoms with Gasteiger partial charge in [-0.3, -0.25) is 9.69 Å². The maximum atomic E-state index is 11.0. The third kappa shape index (κ3) is 4.33. The Balaban J connectivity index is 2.22. The van der Waals surface area contributed by atoms with Gasteiger partial charge in [0.1, 0.15) is 6.04 Å². The minimum absolute atomic E-state index is 0.321. The molecule has 16 heavy (non-hydrogen) atoms. The van der Waals surface area contributed by atoms with Crippen LogP contribution < -0.4 is 0 Å². The zero-order valence-electron chi connectivity index (χ0n) is 9.73. The molecular formula is C12H21NO3. The van der Waals surface area contributed by atoms with Crippen molar-refractivity contribution < 1.29 is 14.6 Å². The number of carboxylic acid groups (broad SMARTS) is 1. The number of hydrogen-bond acceptors (Lipinski definition) is 3. The molecule has 1 atom stereocenters. The third-order valence-electron chi connectivity index (χ3n) is 2.88. The molecule has 0 aromatic carbocycles. The summed E-state index contributed by atoms with van der Waals surface area (Å²) in [5, 5.41) is 9.01. The summed E-state index contributed by atoms with van der Waals surface area (Å²) in [6.45, 7) is 6.24. The maximum absolute atomic E-state index is 11.0. The minimum Gasteiger partial charge on any atom is -0.480 e. The Labute approximate surface area is 96.9 Å². The predicted octanol–water partition coefficient (Wildman–Crippen LogP) is 1.52. The fourth-order valence-electron chi connectivity index (χ4n) is 1.91. The summed E-state index contributed by atoms with van der Waals surface area (Å²) in [5.41, 5.74) is 0. The average molecular weight is 227 g/mol. The van der Waals surface area contributed by atoms with Crippen LogP contribution in [0.1, 0.15) is 25.7 Å². The van der Waals surface area contributed by atoms with Crippen LogP contribution in [0.25, 0.3) is 0 Å². The van der Waals surface area contributed by atoms with E-state index < -0.39 is 12.0 Å². The standard InChI is InChI=1S/C12H21NO3/c1-2-3-4-5-6-7-13-8-9-16-10-11(13)12(14)15/h2,11H,1,3-10H2,(H,14,15). The second-order valence-electron chi connectivity index (χ2n) is 4.10. The van der Waals surface area contributed by atoms with Crippen molar-refractivity contribution in [2.45, 2.75) is 31.7 Å². The van der Waals surface area contributed by atoms with Crippen molar-refractivity contribution in [3.63, 3.8) is 0 Å². The molecule has 0 saturated carbocycles. The molecule has 1 aliphatic heterocycles. The summed E-state index contributed by atoms with van der Waals surface area (Å²) in [5.74, 6) is -0.772. The van der Waals surface area contributed by atoms with E-state index in [1.165, 1.54) is 0 Å².